The lowest BCUT2D eigenvalue weighted by Crippen LogP contribution is -2.51. The van der Waals surface area contributed by atoms with Gasteiger partial charge in [0.25, 0.3) is 0 Å². The van der Waals surface area contributed by atoms with Gasteiger partial charge in [-0.1, -0.05) is 57.9 Å². The summed E-state index contributed by atoms with van der Waals surface area (Å²) in [6.07, 6.45) is 0.607. The highest BCUT2D eigenvalue weighted by molar-refractivity contribution is 9.10. The van der Waals surface area contributed by atoms with E-state index in [2.05, 4.69) is 52.9 Å². The predicted octanol–water partition coefficient (Wildman–Crippen LogP) is 4.61. The Bertz CT molecular complexity index is 787. The van der Waals surface area contributed by atoms with Gasteiger partial charge in [-0.15, -0.1) is 0 Å². The molecule has 1 aliphatic rings. The molecule has 0 saturated carbocycles. The number of nitrogens with zero attached hydrogens (tertiary/aromatic N) is 2. The van der Waals surface area contributed by atoms with Crippen molar-refractivity contribution >= 4 is 39.1 Å². The summed E-state index contributed by atoms with van der Waals surface area (Å²) in [5.41, 5.74) is 4.91. The number of hydrogen-bond acceptors (Lipinski definition) is 2. The van der Waals surface area contributed by atoms with Gasteiger partial charge in [0.05, 0.1) is 4.83 Å². The Morgan fingerprint density at radius 3 is 2.46 bits per heavy atom. The fraction of sp³-hybridized carbons (Fsp3) is 0.381. The highest BCUT2D eigenvalue weighted by Crippen LogP contribution is 2.25. The first-order chi connectivity index (χ1) is 12.5. The number of aryl methyl sites for hydroxylation is 1. The van der Waals surface area contributed by atoms with Gasteiger partial charge in [-0.25, -0.2) is 0 Å². The molecule has 1 fully saturated rings. The van der Waals surface area contributed by atoms with E-state index < -0.39 is 0 Å². The third-order valence-electron chi connectivity index (χ3n) is 5.13. The SMILES string of the molecule is Cc1cccc(N2CCN(C(=O)C(Br)Cc3ccccc3Cl)CC2)c1C. The molecular weight excluding hydrogens is 412 g/mol. The maximum atomic E-state index is 12.8. The standard InChI is InChI=1S/C21H24BrClN2O/c1-15-6-5-9-20(16(15)2)24-10-12-25(13-11-24)21(26)18(22)14-17-7-3-4-8-19(17)23/h3-9,18H,10-14H2,1-2H3. The highest BCUT2D eigenvalue weighted by atomic mass is 79.9. The lowest BCUT2D eigenvalue weighted by Gasteiger charge is -2.37. The van der Waals surface area contributed by atoms with Crippen molar-refractivity contribution in [1.29, 1.82) is 0 Å². The van der Waals surface area contributed by atoms with Crippen molar-refractivity contribution in [2.24, 2.45) is 0 Å². The van der Waals surface area contributed by atoms with Crippen molar-refractivity contribution in [3.63, 3.8) is 0 Å². The van der Waals surface area contributed by atoms with E-state index in [1.54, 1.807) is 0 Å². The molecule has 1 atom stereocenters. The number of halogens is 2. The summed E-state index contributed by atoms with van der Waals surface area (Å²) in [7, 11) is 0. The quantitative estimate of drug-likeness (QED) is 0.655. The minimum Gasteiger partial charge on any atom is -0.368 e. The van der Waals surface area contributed by atoms with E-state index in [-0.39, 0.29) is 10.7 Å². The van der Waals surface area contributed by atoms with Crippen LogP contribution in [0.4, 0.5) is 5.69 Å². The molecule has 1 heterocycles. The number of carbonyl (C=O) groups is 1. The summed E-state index contributed by atoms with van der Waals surface area (Å²) in [6.45, 7) is 7.53. The molecule has 0 N–H and O–H groups in total. The Kier molecular flexibility index (Phi) is 6.25. The molecule has 0 bridgehead atoms. The van der Waals surface area contributed by atoms with E-state index in [9.17, 15) is 4.79 Å². The average molecular weight is 436 g/mol. The monoisotopic (exact) mass is 434 g/mol. The van der Waals surface area contributed by atoms with Gasteiger partial charge < -0.3 is 9.80 Å². The number of rotatable bonds is 4. The molecule has 1 saturated heterocycles. The number of piperazine rings is 1. The van der Waals surface area contributed by atoms with Crippen molar-refractivity contribution < 1.29 is 4.79 Å². The van der Waals surface area contributed by atoms with Gasteiger partial charge in [0, 0.05) is 36.9 Å². The molecule has 138 valence electrons. The maximum absolute atomic E-state index is 12.8. The smallest absolute Gasteiger partial charge is 0.236 e. The Morgan fingerprint density at radius 1 is 1.08 bits per heavy atom. The van der Waals surface area contributed by atoms with Crippen LogP contribution >= 0.6 is 27.5 Å². The predicted molar refractivity (Wildman–Crippen MR) is 113 cm³/mol. The third kappa shape index (κ3) is 4.24. The fourth-order valence-corrected chi connectivity index (χ4v) is 4.24. The van der Waals surface area contributed by atoms with Gasteiger partial charge in [-0.05, 0) is 49.1 Å². The Labute approximate surface area is 169 Å². The number of amides is 1. The lowest BCUT2D eigenvalue weighted by molar-refractivity contribution is -0.130. The molecule has 2 aromatic rings. The van der Waals surface area contributed by atoms with Crippen molar-refractivity contribution in [1.82, 2.24) is 4.90 Å². The molecule has 26 heavy (non-hydrogen) atoms. The summed E-state index contributed by atoms with van der Waals surface area (Å²) in [5.74, 6) is 0.144. The van der Waals surface area contributed by atoms with Crippen LogP contribution < -0.4 is 4.90 Å². The van der Waals surface area contributed by atoms with Gasteiger partial charge in [0.15, 0.2) is 0 Å². The molecule has 3 nitrogen and oxygen atoms in total. The van der Waals surface area contributed by atoms with E-state index >= 15 is 0 Å². The number of hydrogen-bond donors (Lipinski definition) is 0. The van der Waals surface area contributed by atoms with E-state index in [0.717, 1.165) is 31.7 Å². The highest BCUT2D eigenvalue weighted by Gasteiger charge is 2.27. The maximum Gasteiger partial charge on any atom is 0.236 e. The number of benzene rings is 2. The topological polar surface area (TPSA) is 23.6 Å². The van der Waals surface area contributed by atoms with Crippen LogP contribution in [0, 0.1) is 13.8 Å². The summed E-state index contributed by atoms with van der Waals surface area (Å²) in [4.78, 5) is 16.9. The molecule has 3 rings (SSSR count). The summed E-state index contributed by atoms with van der Waals surface area (Å²) in [6, 6.07) is 14.1. The Morgan fingerprint density at radius 2 is 1.77 bits per heavy atom. The van der Waals surface area contributed by atoms with E-state index in [1.807, 2.05) is 29.2 Å². The van der Waals surface area contributed by atoms with E-state index in [1.165, 1.54) is 16.8 Å². The molecule has 2 aromatic carbocycles. The van der Waals surface area contributed by atoms with E-state index in [4.69, 9.17) is 11.6 Å². The molecule has 5 heteroatoms. The van der Waals surface area contributed by atoms with Crippen LogP contribution in [0.15, 0.2) is 42.5 Å². The summed E-state index contributed by atoms with van der Waals surface area (Å²) < 4.78 is 0. The third-order valence-corrected chi connectivity index (χ3v) is 6.22. The molecule has 0 aromatic heterocycles. The van der Waals surface area contributed by atoms with Crippen LogP contribution in [0.2, 0.25) is 5.02 Å². The van der Waals surface area contributed by atoms with Gasteiger partial charge in [0.1, 0.15) is 0 Å². The minimum atomic E-state index is -0.241. The number of anilines is 1. The minimum absolute atomic E-state index is 0.144. The molecule has 0 aliphatic carbocycles. The van der Waals surface area contributed by atoms with Crippen molar-refractivity contribution in [3.8, 4) is 0 Å². The summed E-state index contributed by atoms with van der Waals surface area (Å²) in [5, 5.41) is 0.712. The van der Waals surface area contributed by atoms with Crippen LogP contribution in [0.1, 0.15) is 16.7 Å². The van der Waals surface area contributed by atoms with Gasteiger partial charge in [-0.2, -0.15) is 0 Å². The normalized spacial score (nSPS) is 15.8. The zero-order valence-corrected chi connectivity index (χ0v) is 17.6. The second-order valence-corrected chi connectivity index (χ2v) is 8.31. The zero-order valence-electron chi connectivity index (χ0n) is 15.2. The molecule has 1 aliphatic heterocycles. The largest absolute Gasteiger partial charge is 0.368 e. The van der Waals surface area contributed by atoms with Gasteiger partial charge in [-0.3, -0.25) is 4.79 Å². The van der Waals surface area contributed by atoms with Crippen LogP contribution in [-0.2, 0) is 11.2 Å². The summed E-state index contributed by atoms with van der Waals surface area (Å²) >= 11 is 9.79. The molecule has 1 amide bonds. The number of alkyl halides is 1. The first-order valence-corrected chi connectivity index (χ1v) is 10.2. The second-order valence-electron chi connectivity index (χ2n) is 6.79. The van der Waals surface area contributed by atoms with Crippen LogP contribution in [0.5, 0.6) is 0 Å². The molecule has 1 unspecified atom stereocenters. The second kappa shape index (κ2) is 8.45. The first kappa shape index (κ1) is 19.2. The Balaban J connectivity index is 1.60. The molecule has 0 spiro atoms. The zero-order chi connectivity index (χ0) is 18.7. The van der Waals surface area contributed by atoms with Crippen molar-refractivity contribution in [2.45, 2.75) is 25.1 Å². The Hall–Kier alpha value is -1.52. The van der Waals surface area contributed by atoms with Crippen molar-refractivity contribution in [2.75, 3.05) is 31.1 Å². The van der Waals surface area contributed by atoms with E-state index in [0.29, 0.717) is 11.4 Å². The van der Waals surface area contributed by atoms with Crippen LogP contribution in [-0.4, -0.2) is 41.8 Å². The molecule has 0 radical (unpaired) electrons. The lowest BCUT2D eigenvalue weighted by atomic mass is 10.1. The van der Waals surface area contributed by atoms with Crippen LogP contribution in [0.25, 0.3) is 0 Å². The van der Waals surface area contributed by atoms with Gasteiger partial charge >= 0.3 is 0 Å². The first-order valence-electron chi connectivity index (χ1n) is 8.95. The fourth-order valence-electron chi connectivity index (χ4n) is 3.39. The molecular formula is C21H24BrClN2O. The van der Waals surface area contributed by atoms with Crippen LogP contribution in [0.3, 0.4) is 0 Å². The number of carbonyl (C=O) groups excluding carboxylic acids is 1. The van der Waals surface area contributed by atoms with Crippen molar-refractivity contribution in [3.05, 3.63) is 64.2 Å². The average Bonchev–Trinajstić information content (AvgIpc) is 2.65. The van der Waals surface area contributed by atoms with Gasteiger partial charge in [0.2, 0.25) is 5.91 Å².